The number of nitrogens with zero attached hydrogens (tertiary/aromatic N) is 1. The molecule has 0 aliphatic carbocycles. The van der Waals surface area contributed by atoms with Crippen molar-refractivity contribution in [3.8, 4) is 28.5 Å². The number of benzene rings is 1. The zero-order valence-electron chi connectivity index (χ0n) is 9.73. The first-order valence-electron chi connectivity index (χ1n) is 4.94. The van der Waals surface area contributed by atoms with Gasteiger partial charge in [-0.3, -0.25) is 0 Å². The number of hydrogen-bond acceptors (Lipinski definition) is 6. The number of aromatic hydroxyl groups is 1. The van der Waals surface area contributed by atoms with Crippen LogP contribution in [0, 0.1) is 0 Å². The number of halogens is 1. The molecule has 0 bridgehead atoms. The van der Waals surface area contributed by atoms with Crippen molar-refractivity contribution in [3.05, 3.63) is 16.6 Å². The summed E-state index contributed by atoms with van der Waals surface area (Å²) in [7, 11) is 2.98. The van der Waals surface area contributed by atoms with E-state index in [0.717, 1.165) is 0 Å². The van der Waals surface area contributed by atoms with Crippen LogP contribution in [-0.2, 0) is 0 Å². The number of ether oxygens (including phenoxy) is 2. The summed E-state index contributed by atoms with van der Waals surface area (Å²) in [6.45, 7) is 0. The SMILES string of the molecule is COc1cc(O)c(-c2cc(N)on2)c(Br)c1OC. The summed E-state index contributed by atoms with van der Waals surface area (Å²) >= 11 is 3.34. The van der Waals surface area contributed by atoms with Gasteiger partial charge in [-0.2, -0.15) is 0 Å². The van der Waals surface area contributed by atoms with E-state index in [4.69, 9.17) is 19.7 Å². The molecule has 7 heteroatoms. The molecule has 0 fully saturated rings. The van der Waals surface area contributed by atoms with Crippen LogP contribution in [0.15, 0.2) is 21.1 Å². The topological polar surface area (TPSA) is 90.7 Å². The van der Waals surface area contributed by atoms with Gasteiger partial charge in [0.2, 0.25) is 5.88 Å². The van der Waals surface area contributed by atoms with E-state index in [1.807, 2.05) is 0 Å². The lowest BCUT2D eigenvalue weighted by Gasteiger charge is -2.13. The number of phenolic OH excluding ortho intramolecular Hbond substituents is 1. The van der Waals surface area contributed by atoms with Crippen LogP contribution in [0.3, 0.4) is 0 Å². The van der Waals surface area contributed by atoms with Gasteiger partial charge in [0.1, 0.15) is 11.4 Å². The summed E-state index contributed by atoms with van der Waals surface area (Å²) in [5.41, 5.74) is 6.29. The van der Waals surface area contributed by atoms with Crippen LogP contribution in [-0.4, -0.2) is 24.5 Å². The number of methoxy groups -OCH3 is 2. The minimum Gasteiger partial charge on any atom is -0.507 e. The molecule has 0 aliphatic rings. The third-order valence-corrected chi connectivity index (χ3v) is 3.13. The van der Waals surface area contributed by atoms with Crippen LogP contribution in [0.1, 0.15) is 0 Å². The number of nitrogen functional groups attached to an aromatic ring is 1. The summed E-state index contributed by atoms with van der Waals surface area (Å²) in [4.78, 5) is 0. The predicted octanol–water partition coefficient (Wildman–Crippen LogP) is 2.41. The quantitative estimate of drug-likeness (QED) is 0.904. The molecule has 2 rings (SSSR count). The average molecular weight is 315 g/mol. The van der Waals surface area contributed by atoms with E-state index in [1.165, 1.54) is 26.4 Å². The van der Waals surface area contributed by atoms with Crippen LogP contribution in [0.25, 0.3) is 11.3 Å². The fourth-order valence-corrected chi connectivity index (χ4v) is 2.35. The average Bonchev–Trinajstić information content (AvgIpc) is 2.75. The first kappa shape index (κ1) is 12.6. The van der Waals surface area contributed by atoms with E-state index in [-0.39, 0.29) is 11.6 Å². The maximum absolute atomic E-state index is 10.00. The lowest BCUT2D eigenvalue weighted by atomic mass is 10.1. The van der Waals surface area contributed by atoms with Gasteiger partial charge in [-0.1, -0.05) is 5.16 Å². The standard InChI is InChI=1S/C11H11BrN2O4/c1-16-7-4-6(15)9(10(12)11(7)17-2)5-3-8(13)18-14-5/h3-4,15H,13H2,1-2H3. The van der Waals surface area contributed by atoms with Gasteiger partial charge in [-0.15, -0.1) is 0 Å². The third kappa shape index (κ3) is 1.97. The highest BCUT2D eigenvalue weighted by Crippen LogP contribution is 2.47. The number of nitrogens with two attached hydrogens (primary N) is 1. The largest absolute Gasteiger partial charge is 0.507 e. The maximum atomic E-state index is 10.00. The van der Waals surface area contributed by atoms with Gasteiger partial charge >= 0.3 is 0 Å². The second kappa shape index (κ2) is 4.77. The van der Waals surface area contributed by atoms with Crippen LogP contribution >= 0.6 is 15.9 Å². The van der Waals surface area contributed by atoms with Crippen molar-refractivity contribution in [2.24, 2.45) is 0 Å². The zero-order valence-corrected chi connectivity index (χ0v) is 11.3. The fourth-order valence-electron chi connectivity index (χ4n) is 1.59. The molecule has 0 saturated heterocycles. The molecular formula is C11H11BrN2O4. The van der Waals surface area contributed by atoms with E-state index >= 15 is 0 Å². The molecule has 1 heterocycles. The van der Waals surface area contributed by atoms with Crippen molar-refractivity contribution in [2.45, 2.75) is 0 Å². The van der Waals surface area contributed by atoms with Gasteiger partial charge in [0, 0.05) is 12.1 Å². The van der Waals surface area contributed by atoms with E-state index < -0.39 is 0 Å². The number of anilines is 1. The minimum absolute atomic E-state index is 0.0205. The van der Waals surface area contributed by atoms with Crippen LogP contribution in [0.2, 0.25) is 0 Å². The molecule has 1 aromatic heterocycles. The van der Waals surface area contributed by atoms with Crippen LogP contribution in [0.4, 0.5) is 5.88 Å². The first-order valence-corrected chi connectivity index (χ1v) is 5.73. The fraction of sp³-hybridized carbons (Fsp3) is 0.182. The van der Waals surface area contributed by atoms with E-state index in [9.17, 15) is 5.11 Å². The summed E-state index contributed by atoms with van der Waals surface area (Å²) in [6.07, 6.45) is 0. The Morgan fingerprint density at radius 3 is 2.56 bits per heavy atom. The first-order chi connectivity index (χ1) is 8.58. The van der Waals surface area contributed by atoms with Gasteiger partial charge in [0.25, 0.3) is 0 Å². The molecule has 0 unspecified atom stereocenters. The van der Waals surface area contributed by atoms with Gasteiger partial charge in [-0.05, 0) is 15.9 Å². The predicted molar refractivity (Wildman–Crippen MR) is 68.8 cm³/mol. The lowest BCUT2D eigenvalue weighted by molar-refractivity contribution is 0.349. The molecule has 0 spiro atoms. The second-order valence-electron chi connectivity index (χ2n) is 3.43. The summed E-state index contributed by atoms with van der Waals surface area (Å²) < 4.78 is 15.6. The van der Waals surface area contributed by atoms with Crippen molar-refractivity contribution in [1.29, 1.82) is 0 Å². The highest BCUT2D eigenvalue weighted by atomic mass is 79.9. The monoisotopic (exact) mass is 314 g/mol. The Kier molecular flexibility index (Phi) is 3.33. The van der Waals surface area contributed by atoms with Crippen LogP contribution in [0.5, 0.6) is 17.2 Å². The molecule has 0 atom stereocenters. The molecule has 1 aromatic carbocycles. The Morgan fingerprint density at radius 2 is 2.06 bits per heavy atom. The molecule has 0 saturated carbocycles. The summed E-state index contributed by atoms with van der Waals surface area (Å²) in [5, 5.41) is 13.8. The normalized spacial score (nSPS) is 10.4. The number of rotatable bonds is 3. The molecule has 3 N–H and O–H groups in total. The Morgan fingerprint density at radius 1 is 1.33 bits per heavy atom. The van der Waals surface area contributed by atoms with Crippen molar-refractivity contribution in [1.82, 2.24) is 5.16 Å². The maximum Gasteiger partial charge on any atom is 0.222 e. The Balaban J connectivity index is 2.68. The smallest absolute Gasteiger partial charge is 0.222 e. The van der Waals surface area contributed by atoms with Crippen molar-refractivity contribution in [3.63, 3.8) is 0 Å². The van der Waals surface area contributed by atoms with Gasteiger partial charge in [-0.25, -0.2) is 0 Å². The highest BCUT2D eigenvalue weighted by molar-refractivity contribution is 9.10. The van der Waals surface area contributed by atoms with Crippen molar-refractivity contribution >= 4 is 21.8 Å². The number of aromatic nitrogens is 1. The number of phenols is 1. The van der Waals surface area contributed by atoms with Crippen molar-refractivity contribution < 1.29 is 19.1 Å². The molecular weight excluding hydrogens is 304 g/mol. The lowest BCUT2D eigenvalue weighted by Crippen LogP contribution is -1.94. The molecule has 0 radical (unpaired) electrons. The van der Waals surface area contributed by atoms with Gasteiger partial charge < -0.3 is 24.8 Å². The molecule has 18 heavy (non-hydrogen) atoms. The molecule has 0 aliphatic heterocycles. The Hall–Kier alpha value is -1.89. The Bertz CT molecular complexity index is 583. The van der Waals surface area contributed by atoms with Crippen molar-refractivity contribution in [2.75, 3.05) is 20.0 Å². The second-order valence-corrected chi connectivity index (χ2v) is 4.23. The molecule has 96 valence electrons. The number of hydrogen-bond donors (Lipinski definition) is 2. The van der Waals surface area contributed by atoms with E-state index in [0.29, 0.717) is 27.2 Å². The molecule has 2 aromatic rings. The summed E-state index contributed by atoms with van der Waals surface area (Å²) in [6, 6.07) is 2.94. The minimum atomic E-state index is -0.0205. The molecule has 6 nitrogen and oxygen atoms in total. The molecule has 0 amide bonds. The highest BCUT2D eigenvalue weighted by Gasteiger charge is 2.21. The summed E-state index contributed by atoms with van der Waals surface area (Å²) in [5.74, 6) is 0.993. The Labute approximate surface area is 111 Å². The van der Waals surface area contributed by atoms with Gasteiger partial charge in [0.15, 0.2) is 11.5 Å². The van der Waals surface area contributed by atoms with Crippen LogP contribution < -0.4 is 15.2 Å². The zero-order chi connectivity index (χ0) is 13.3. The third-order valence-electron chi connectivity index (χ3n) is 2.38. The van der Waals surface area contributed by atoms with Gasteiger partial charge in [0.05, 0.1) is 24.3 Å². The van der Waals surface area contributed by atoms with E-state index in [2.05, 4.69) is 21.1 Å². The van der Waals surface area contributed by atoms with E-state index in [1.54, 1.807) is 0 Å².